The average Bonchev–Trinajstić information content (AvgIpc) is 3.08. The van der Waals surface area contributed by atoms with Crippen molar-refractivity contribution in [3.8, 4) is 5.75 Å². The lowest BCUT2D eigenvalue weighted by molar-refractivity contribution is -0.143. The summed E-state index contributed by atoms with van der Waals surface area (Å²) in [5.74, 6) is -12.9. The molecule has 0 radical (unpaired) electrons. The van der Waals surface area contributed by atoms with Gasteiger partial charge in [-0.3, -0.25) is 4.79 Å². The van der Waals surface area contributed by atoms with Gasteiger partial charge in [0, 0.05) is 0 Å². The number of carbonyl (C=O) groups is 1. The van der Waals surface area contributed by atoms with Gasteiger partial charge in [-0.25, -0.2) is 22.0 Å². The average molecular weight is 466 g/mol. The standard InChI is InChI=1S/C19H10F8N2O3/c1-7-8(6-31-10-5-3-2-4-9(10)20)16(29-32-7)18(30)28-17-14(23)12(21)11(19(25,26)27)13(22)15(17)24/h2-5H,6H2,1H3,(H,28,30). The maximum Gasteiger partial charge on any atom is 0.422 e. The maximum absolute atomic E-state index is 14.0. The first-order valence-electron chi connectivity index (χ1n) is 8.50. The van der Waals surface area contributed by atoms with Crippen molar-refractivity contribution in [2.75, 3.05) is 5.32 Å². The number of hydrogen-bond acceptors (Lipinski definition) is 4. The Morgan fingerprint density at radius 1 is 1.03 bits per heavy atom. The van der Waals surface area contributed by atoms with Crippen LogP contribution in [0.1, 0.15) is 27.4 Å². The molecule has 0 bridgehead atoms. The van der Waals surface area contributed by atoms with E-state index in [1.165, 1.54) is 30.4 Å². The summed E-state index contributed by atoms with van der Waals surface area (Å²) in [7, 11) is 0. The second-order valence-corrected chi connectivity index (χ2v) is 6.24. The van der Waals surface area contributed by atoms with Gasteiger partial charge in [-0.05, 0) is 19.1 Å². The van der Waals surface area contributed by atoms with Crippen molar-refractivity contribution >= 4 is 11.6 Å². The van der Waals surface area contributed by atoms with E-state index in [-0.39, 0.29) is 17.1 Å². The zero-order chi connectivity index (χ0) is 23.8. The number of hydrogen-bond donors (Lipinski definition) is 1. The fourth-order valence-electron chi connectivity index (χ4n) is 2.61. The van der Waals surface area contributed by atoms with Crippen LogP contribution in [0.15, 0.2) is 28.8 Å². The number of alkyl halides is 3. The van der Waals surface area contributed by atoms with E-state index in [1.807, 2.05) is 0 Å². The van der Waals surface area contributed by atoms with Crippen LogP contribution in [0.3, 0.4) is 0 Å². The topological polar surface area (TPSA) is 64.4 Å². The van der Waals surface area contributed by atoms with E-state index in [0.29, 0.717) is 0 Å². The Kier molecular flexibility index (Phi) is 6.10. The van der Waals surface area contributed by atoms with E-state index >= 15 is 0 Å². The predicted octanol–water partition coefficient (Wildman–Crippen LogP) is 5.53. The molecule has 1 amide bonds. The molecular formula is C19H10F8N2O3. The molecule has 5 nitrogen and oxygen atoms in total. The Hall–Kier alpha value is -3.64. The number of ether oxygens (including phenoxy) is 1. The minimum atomic E-state index is -5.74. The molecule has 170 valence electrons. The van der Waals surface area contributed by atoms with E-state index in [1.54, 1.807) is 0 Å². The minimum Gasteiger partial charge on any atom is -0.486 e. The molecule has 0 aliphatic rings. The monoisotopic (exact) mass is 466 g/mol. The number of amides is 1. The highest BCUT2D eigenvalue weighted by atomic mass is 19.4. The van der Waals surface area contributed by atoms with E-state index in [0.717, 1.165) is 6.07 Å². The number of halogens is 8. The third kappa shape index (κ3) is 4.22. The molecule has 3 aromatic rings. The van der Waals surface area contributed by atoms with Crippen LogP contribution >= 0.6 is 0 Å². The molecule has 1 N–H and O–H groups in total. The highest BCUT2D eigenvalue weighted by Crippen LogP contribution is 2.38. The quantitative estimate of drug-likeness (QED) is 0.397. The van der Waals surface area contributed by atoms with Crippen LogP contribution in [-0.2, 0) is 12.8 Å². The predicted molar refractivity (Wildman–Crippen MR) is 91.2 cm³/mol. The number of aryl methyl sites for hydroxylation is 1. The van der Waals surface area contributed by atoms with Crippen LogP contribution in [-0.4, -0.2) is 11.1 Å². The Morgan fingerprint density at radius 2 is 1.62 bits per heavy atom. The molecule has 0 saturated carbocycles. The highest BCUT2D eigenvalue weighted by molar-refractivity contribution is 6.04. The van der Waals surface area contributed by atoms with Gasteiger partial charge in [-0.2, -0.15) is 13.2 Å². The molecule has 3 rings (SSSR count). The molecule has 0 spiro atoms. The van der Waals surface area contributed by atoms with Crippen LogP contribution in [0.5, 0.6) is 5.75 Å². The van der Waals surface area contributed by atoms with E-state index in [2.05, 4.69) is 5.16 Å². The Morgan fingerprint density at radius 3 is 2.19 bits per heavy atom. The summed E-state index contributed by atoms with van der Waals surface area (Å²) in [6.07, 6.45) is -5.74. The number of para-hydroxylation sites is 1. The number of carbonyl (C=O) groups excluding carboxylic acids is 1. The van der Waals surface area contributed by atoms with Crippen molar-refractivity contribution in [3.63, 3.8) is 0 Å². The first-order chi connectivity index (χ1) is 14.9. The van der Waals surface area contributed by atoms with Crippen molar-refractivity contribution in [2.24, 2.45) is 0 Å². The van der Waals surface area contributed by atoms with Crippen LogP contribution in [0.25, 0.3) is 0 Å². The van der Waals surface area contributed by atoms with Crippen LogP contribution < -0.4 is 10.1 Å². The fourth-order valence-corrected chi connectivity index (χ4v) is 2.61. The minimum absolute atomic E-state index is 0.0304. The summed E-state index contributed by atoms with van der Waals surface area (Å²) in [5.41, 5.74) is -5.39. The van der Waals surface area contributed by atoms with Crippen LogP contribution in [0.2, 0.25) is 0 Å². The maximum atomic E-state index is 14.0. The van der Waals surface area contributed by atoms with E-state index < -0.39 is 64.7 Å². The second-order valence-electron chi connectivity index (χ2n) is 6.24. The van der Waals surface area contributed by atoms with Gasteiger partial charge in [0.05, 0.1) is 5.56 Å². The SMILES string of the molecule is Cc1onc(C(=O)Nc2c(F)c(F)c(C(F)(F)F)c(F)c2F)c1COc1ccccc1F. The van der Waals surface area contributed by atoms with Gasteiger partial charge in [0.25, 0.3) is 5.91 Å². The number of benzene rings is 2. The highest BCUT2D eigenvalue weighted by Gasteiger charge is 2.42. The van der Waals surface area contributed by atoms with Gasteiger partial charge in [0.1, 0.15) is 23.6 Å². The van der Waals surface area contributed by atoms with Gasteiger partial charge < -0.3 is 14.6 Å². The molecule has 0 atom stereocenters. The molecule has 13 heteroatoms. The largest absolute Gasteiger partial charge is 0.486 e. The molecule has 0 saturated heterocycles. The second kappa shape index (κ2) is 8.48. The van der Waals surface area contributed by atoms with Crippen molar-refractivity contribution in [3.05, 3.63) is 75.9 Å². The molecule has 1 heterocycles. The zero-order valence-electron chi connectivity index (χ0n) is 15.7. The molecular weight excluding hydrogens is 456 g/mol. The first kappa shape index (κ1) is 23.0. The van der Waals surface area contributed by atoms with Gasteiger partial charge >= 0.3 is 6.18 Å². The molecule has 2 aromatic carbocycles. The number of nitrogens with one attached hydrogen (secondary N) is 1. The molecule has 1 aromatic heterocycles. The van der Waals surface area contributed by atoms with Crippen LogP contribution in [0, 0.1) is 36.0 Å². The third-order valence-corrected chi connectivity index (χ3v) is 4.19. The molecule has 0 aliphatic carbocycles. The molecule has 32 heavy (non-hydrogen) atoms. The number of nitrogens with zero attached hydrogens (tertiary/aromatic N) is 1. The summed E-state index contributed by atoms with van der Waals surface area (Å²) < 4.78 is 117. The lowest BCUT2D eigenvalue weighted by atomic mass is 10.1. The van der Waals surface area contributed by atoms with Crippen molar-refractivity contribution in [1.82, 2.24) is 5.16 Å². The Balaban J connectivity index is 1.92. The van der Waals surface area contributed by atoms with Gasteiger partial charge in [0.15, 0.2) is 40.5 Å². The van der Waals surface area contributed by atoms with Gasteiger partial charge in [0.2, 0.25) is 0 Å². The van der Waals surface area contributed by atoms with Gasteiger partial charge in [-0.15, -0.1) is 0 Å². The normalized spacial score (nSPS) is 11.5. The molecule has 0 fully saturated rings. The Bertz CT molecular complexity index is 1160. The van der Waals surface area contributed by atoms with E-state index in [4.69, 9.17) is 9.26 Å². The molecule has 0 unspecified atom stereocenters. The summed E-state index contributed by atoms with van der Waals surface area (Å²) in [4.78, 5) is 12.4. The summed E-state index contributed by atoms with van der Waals surface area (Å²) in [6.45, 7) is 0.794. The van der Waals surface area contributed by atoms with E-state index in [9.17, 15) is 39.9 Å². The number of anilines is 1. The lowest BCUT2D eigenvalue weighted by Crippen LogP contribution is -2.21. The number of rotatable bonds is 5. The Labute approximate surface area is 173 Å². The van der Waals surface area contributed by atoms with Crippen molar-refractivity contribution < 1.29 is 49.2 Å². The lowest BCUT2D eigenvalue weighted by Gasteiger charge is -2.14. The summed E-state index contributed by atoms with van der Waals surface area (Å²) >= 11 is 0. The van der Waals surface area contributed by atoms with Gasteiger partial charge in [-0.1, -0.05) is 17.3 Å². The summed E-state index contributed by atoms with van der Waals surface area (Å²) in [5, 5.41) is 4.76. The molecule has 0 aliphatic heterocycles. The van der Waals surface area contributed by atoms with Crippen molar-refractivity contribution in [2.45, 2.75) is 19.7 Å². The number of aromatic nitrogens is 1. The first-order valence-corrected chi connectivity index (χ1v) is 8.50. The smallest absolute Gasteiger partial charge is 0.422 e. The van der Waals surface area contributed by atoms with Crippen molar-refractivity contribution in [1.29, 1.82) is 0 Å². The third-order valence-electron chi connectivity index (χ3n) is 4.19. The van der Waals surface area contributed by atoms with Crippen LogP contribution in [0.4, 0.5) is 40.8 Å². The summed E-state index contributed by atoms with van der Waals surface area (Å²) in [6, 6.07) is 5.18. The zero-order valence-corrected chi connectivity index (χ0v) is 15.7. The fraction of sp³-hybridized carbons (Fsp3) is 0.158.